The summed E-state index contributed by atoms with van der Waals surface area (Å²) in [7, 11) is 0. The molecule has 2 N–H and O–H groups in total. The second kappa shape index (κ2) is 5.71. The molecule has 19 heavy (non-hydrogen) atoms. The molecule has 2 aliphatic rings. The van der Waals surface area contributed by atoms with E-state index in [2.05, 4.69) is 32.6 Å². The first kappa shape index (κ1) is 15.3. The summed E-state index contributed by atoms with van der Waals surface area (Å²) in [4.78, 5) is 2.67. The van der Waals surface area contributed by atoms with Crippen LogP contribution in [-0.4, -0.2) is 42.3 Å². The number of hydrogen-bond acceptors (Lipinski definition) is 3. The van der Waals surface area contributed by atoms with Crippen molar-refractivity contribution >= 4 is 0 Å². The Kier molecular flexibility index (Phi) is 4.59. The molecule has 0 aromatic carbocycles. The van der Waals surface area contributed by atoms with Crippen LogP contribution in [0.2, 0.25) is 0 Å². The molecule has 2 fully saturated rings. The van der Waals surface area contributed by atoms with Gasteiger partial charge in [0.2, 0.25) is 0 Å². The monoisotopic (exact) mass is 268 g/mol. The molecule has 2 unspecified atom stereocenters. The van der Waals surface area contributed by atoms with E-state index in [9.17, 15) is 0 Å². The Morgan fingerprint density at radius 1 is 1.32 bits per heavy atom. The molecule has 1 heterocycles. The zero-order valence-electron chi connectivity index (χ0n) is 13.2. The first-order chi connectivity index (χ1) is 8.91. The maximum atomic E-state index is 6.30. The molecule has 3 heteroatoms. The van der Waals surface area contributed by atoms with Crippen molar-refractivity contribution in [2.75, 3.05) is 26.2 Å². The van der Waals surface area contributed by atoms with Gasteiger partial charge in [0.1, 0.15) is 0 Å². The molecule has 0 spiro atoms. The van der Waals surface area contributed by atoms with E-state index in [4.69, 9.17) is 10.5 Å². The molecule has 0 aromatic rings. The highest BCUT2D eigenvalue weighted by atomic mass is 16.5. The molecule has 0 amide bonds. The van der Waals surface area contributed by atoms with E-state index in [1.807, 2.05) is 0 Å². The van der Waals surface area contributed by atoms with Crippen LogP contribution < -0.4 is 5.73 Å². The SMILES string of the molecule is CC(C)C1CCCCC1(CN)N1CCOC(C)(C)C1. The first-order valence-electron chi connectivity index (χ1n) is 8.00. The zero-order chi connectivity index (χ0) is 14.1. The molecule has 3 nitrogen and oxygen atoms in total. The topological polar surface area (TPSA) is 38.5 Å². The lowest BCUT2D eigenvalue weighted by Crippen LogP contribution is -2.66. The van der Waals surface area contributed by atoms with Crippen molar-refractivity contribution < 1.29 is 4.74 Å². The molecule has 1 aliphatic heterocycles. The van der Waals surface area contributed by atoms with E-state index in [1.165, 1.54) is 25.7 Å². The van der Waals surface area contributed by atoms with Gasteiger partial charge >= 0.3 is 0 Å². The molecule has 1 saturated carbocycles. The molecule has 1 aliphatic carbocycles. The highest BCUT2D eigenvalue weighted by molar-refractivity contribution is 5.03. The lowest BCUT2D eigenvalue weighted by Gasteiger charge is -2.56. The number of ether oxygens (including phenoxy) is 1. The second-order valence-electron chi connectivity index (χ2n) is 7.43. The van der Waals surface area contributed by atoms with Crippen LogP contribution in [0.1, 0.15) is 53.4 Å². The molecule has 112 valence electrons. The third-order valence-corrected chi connectivity index (χ3v) is 5.28. The number of hydrogen-bond donors (Lipinski definition) is 1. The molecular weight excluding hydrogens is 236 g/mol. The maximum Gasteiger partial charge on any atom is 0.0753 e. The summed E-state index contributed by atoms with van der Waals surface area (Å²) < 4.78 is 5.89. The summed E-state index contributed by atoms with van der Waals surface area (Å²) >= 11 is 0. The van der Waals surface area contributed by atoms with Gasteiger partial charge in [0.05, 0.1) is 12.2 Å². The standard InChI is InChI=1S/C16H32N2O/c1-13(2)14-7-5-6-8-16(14,11-17)18-9-10-19-15(3,4)12-18/h13-14H,5-12,17H2,1-4H3. The van der Waals surface area contributed by atoms with Crippen LogP contribution in [0.25, 0.3) is 0 Å². The van der Waals surface area contributed by atoms with Crippen molar-refractivity contribution in [1.82, 2.24) is 4.90 Å². The van der Waals surface area contributed by atoms with Gasteiger partial charge in [-0.05, 0) is 38.5 Å². The molecule has 0 aromatic heterocycles. The Bertz CT molecular complexity index is 303. The average molecular weight is 268 g/mol. The van der Waals surface area contributed by atoms with Gasteiger partial charge in [0.25, 0.3) is 0 Å². The van der Waals surface area contributed by atoms with Gasteiger partial charge in [-0.3, -0.25) is 4.90 Å². The van der Waals surface area contributed by atoms with E-state index >= 15 is 0 Å². The van der Waals surface area contributed by atoms with Crippen LogP contribution in [0.3, 0.4) is 0 Å². The van der Waals surface area contributed by atoms with E-state index < -0.39 is 0 Å². The Morgan fingerprint density at radius 3 is 2.63 bits per heavy atom. The number of morpholine rings is 1. The molecular formula is C16H32N2O. The third kappa shape index (κ3) is 2.98. The molecule has 0 bridgehead atoms. The quantitative estimate of drug-likeness (QED) is 0.855. The third-order valence-electron chi connectivity index (χ3n) is 5.28. The number of rotatable bonds is 3. The fourth-order valence-corrected chi connectivity index (χ4v) is 4.37. The van der Waals surface area contributed by atoms with Crippen molar-refractivity contribution in [3.8, 4) is 0 Å². The molecule has 0 radical (unpaired) electrons. The van der Waals surface area contributed by atoms with E-state index in [1.54, 1.807) is 0 Å². The van der Waals surface area contributed by atoms with Gasteiger partial charge < -0.3 is 10.5 Å². The summed E-state index contributed by atoms with van der Waals surface area (Å²) in [5.41, 5.74) is 6.49. The Morgan fingerprint density at radius 2 is 2.05 bits per heavy atom. The van der Waals surface area contributed by atoms with Crippen molar-refractivity contribution in [3.63, 3.8) is 0 Å². The lowest BCUT2D eigenvalue weighted by atomic mass is 9.66. The van der Waals surface area contributed by atoms with Crippen LogP contribution in [0.4, 0.5) is 0 Å². The number of nitrogens with two attached hydrogens (primary N) is 1. The fourth-order valence-electron chi connectivity index (χ4n) is 4.37. The average Bonchev–Trinajstić information content (AvgIpc) is 2.37. The highest BCUT2D eigenvalue weighted by Gasteiger charge is 2.47. The zero-order valence-corrected chi connectivity index (χ0v) is 13.2. The van der Waals surface area contributed by atoms with Crippen LogP contribution in [0.5, 0.6) is 0 Å². The van der Waals surface area contributed by atoms with Gasteiger partial charge in [-0.25, -0.2) is 0 Å². The van der Waals surface area contributed by atoms with Gasteiger partial charge in [0, 0.05) is 25.2 Å². The highest BCUT2D eigenvalue weighted by Crippen LogP contribution is 2.43. The van der Waals surface area contributed by atoms with Crippen LogP contribution in [0, 0.1) is 11.8 Å². The minimum absolute atomic E-state index is 0.0284. The van der Waals surface area contributed by atoms with Gasteiger partial charge in [-0.15, -0.1) is 0 Å². The smallest absolute Gasteiger partial charge is 0.0753 e. The summed E-state index contributed by atoms with van der Waals surface area (Å²) in [6.45, 7) is 12.9. The molecule has 2 rings (SSSR count). The van der Waals surface area contributed by atoms with Gasteiger partial charge in [-0.2, -0.15) is 0 Å². The summed E-state index contributed by atoms with van der Waals surface area (Å²) in [5.74, 6) is 1.45. The predicted molar refractivity (Wildman–Crippen MR) is 80.2 cm³/mol. The molecule has 2 atom stereocenters. The fraction of sp³-hybridized carbons (Fsp3) is 1.00. The van der Waals surface area contributed by atoms with E-state index in [0.717, 1.165) is 38.1 Å². The lowest BCUT2D eigenvalue weighted by molar-refractivity contribution is -0.137. The van der Waals surface area contributed by atoms with Crippen LogP contribution in [-0.2, 0) is 4.74 Å². The van der Waals surface area contributed by atoms with Crippen molar-refractivity contribution in [3.05, 3.63) is 0 Å². The summed E-state index contributed by atoms with van der Waals surface area (Å²) in [6, 6.07) is 0. The van der Waals surface area contributed by atoms with E-state index in [0.29, 0.717) is 0 Å². The number of nitrogens with zero attached hydrogens (tertiary/aromatic N) is 1. The van der Waals surface area contributed by atoms with Crippen LogP contribution in [0.15, 0.2) is 0 Å². The first-order valence-corrected chi connectivity index (χ1v) is 8.00. The second-order valence-corrected chi connectivity index (χ2v) is 7.43. The van der Waals surface area contributed by atoms with Crippen molar-refractivity contribution in [2.24, 2.45) is 17.6 Å². The van der Waals surface area contributed by atoms with Gasteiger partial charge in [-0.1, -0.05) is 26.7 Å². The van der Waals surface area contributed by atoms with Crippen LogP contribution >= 0.6 is 0 Å². The predicted octanol–water partition coefficient (Wildman–Crippen LogP) is 2.64. The normalized spacial score (nSPS) is 36.6. The largest absolute Gasteiger partial charge is 0.373 e. The minimum Gasteiger partial charge on any atom is -0.373 e. The van der Waals surface area contributed by atoms with E-state index in [-0.39, 0.29) is 11.1 Å². The van der Waals surface area contributed by atoms with Crippen molar-refractivity contribution in [2.45, 2.75) is 64.5 Å². The summed E-state index contributed by atoms with van der Waals surface area (Å²) in [5, 5.41) is 0. The van der Waals surface area contributed by atoms with Crippen molar-refractivity contribution in [1.29, 1.82) is 0 Å². The Balaban J connectivity index is 2.24. The Hall–Kier alpha value is -0.120. The summed E-state index contributed by atoms with van der Waals surface area (Å²) in [6.07, 6.45) is 5.31. The maximum absolute atomic E-state index is 6.30. The Labute approximate surface area is 118 Å². The minimum atomic E-state index is -0.0284. The molecule has 1 saturated heterocycles. The van der Waals surface area contributed by atoms with Gasteiger partial charge in [0.15, 0.2) is 0 Å².